The molecule has 3 aromatic carbocycles. The van der Waals surface area contributed by atoms with Gasteiger partial charge in [-0.25, -0.2) is 14.7 Å². The molecule has 1 amide bonds. The van der Waals surface area contributed by atoms with Gasteiger partial charge < -0.3 is 10.4 Å². The quantitative estimate of drug-likeness (QED) is 0.156. The average Bonchev–Trinajstić information content (AvgIpc) is 3.76. The van der Waals surface area contributed by atoms with Gasteiger partial charge in [-0.05, 0) is 84.3 Å². The van der Waals surface area contributed by atoms with Gasteiger partial charge >= 0.3 is 12.1 Å². The second-order valence-corrected chi connectivity index (χ2v) is 10.6. The highest BCUT2D eigenvalue weighted by Crippen LogP contribution is 2.41. The van der Waals surface area contributed by atoms with Crippen molar-refractivity contribution in [2.75, 3.05) is 13.1 Å². The number of carboxylic acid groups (broad SMARTS) is 1. The van der Waals surface area contributed by atoms with Gasteiger partial charge in [0.25, 0.3) is 5.91 Å². The number of carboxylic acids is 1. The highest BCUT2D eigenvalue weighted by molar-refractivity contribution is 5.93. The lowest BCUT2D eigenvalue weighted by molar-refractivity contribution is -0.192. The lowest BCUT2D eigenvalue weighted by atomic mass is 9.97. The highest BCUT2D eigenvalue weighted by Gasteiger charge is 2.38. The van der Waals surface area contributed by atoms with E-state index < -0.39 is 18.1 Å². The first-order chi connectivity index (χ1) is 20.0. The number of aryl methyl sites for hydroxylation is 1. The Morgan fingerprint density at radius 2 is 1.62 bits per heavy atom. The first kappa shape index (κ1) is 31.1. The fourth-order valence-corrected chi connectivity index (χ4v) is 5.11. The molecule has 1 aliphatic carbocycles. The first-order valence-electron chi connectivity index (χ1n) is 13.7. The summed E-state index contributed by atoms with van der Waals surface area (Å²) in [5.74, 6) is -2.91. The zero-order chi connectivity index (χ0) is 30.3. The molecule has 5 rings (SSSR count). The van der Waals surface area contributed by atoms with E-state index in [0.717, 1.165) is 51.9 Å². The van der Waals surface area contributed by atoms with Crippen molar-refractivity contribution in [3.05, 3.63) is 106 Å². The molecule has 0 spiro atoms. The average molecular weight is 588 g/mol. The summed E-state index contributed by atoms with van der Waals surface area (Å²) >= 11 is 0. The third-order valence-corrected chi connectivity index (χ3v) is 7.52. The minimum absolute atomic E-state index is 0.173. The molecular formula is C31H33F4N3O4. The molecule has 1 fully saturated rings. The van der Waals surface area contributed by atoms with Crippen molar-refractivity contribution >= 4 is 11.9 Å². The minimum atomic E-state index is -5.08. The largest absolute Gasteiger partial charge is 0.490 e. The number of rotatable bonds is 9. The zero-order valence-electron chi connectivity index (χ0n) is 22.8. The van der Waals surface area contributed by atoms with Crippen molar-refractivity contribution in [2.45, 2.75) is 56.9 Å². The van der Waals surface area contributed by atoms with E-state index in [1.54, 1.807) is 29.7 Å². The van der Waals surface area contributed by atoms with Crippen LogP contribution in [0.2, 0.25) is 0 Å². The van der Waals surface area contributed by atoms with E-state index in [2.05, 4.69) is 28.4 Å². The minimum Gasteiger partial charge on any atom is -0.475 e. The molecule has 1 aliphatic heterocycles. The smallest absolute Gasteiger partial charge is 0.475 e. The Kier molecular flexibility index (Phi) is 10.3. The molecule has 11 heteroatoms. The number of nitrogens with zero attached hydrogens (tertiary/aromatic N) is 1. The molecular weight excluding hydrogens is 554 g/mol. The molecule has 4 N–H and O–H groups in total. The topological polar surface area (TPSA) is 102 Å². The predicted molar refractivity (Wildman–Crippen MR) is 148 cm³/mol. The fraction of sp³-hybridized carbons (Fsp3) is 0.355. The Bertz CT molecular complexity index is 1360. The van der Waals surface area contributed by atoms with E-state index in [9.17, 15) is 22.4 Å². The molecule has 7 nitrogen and oxygen atoms in total. The molecule has 0 saturated heterocycles. The third kappa shape index (κ3) is 8.85. The van der Waals surface area contributed by atoms with Crippen molar-refractivity contribution in [1.29, 1.82) is 0 Å². The van der Waals surface area contributed by atoms with Gasteiger partial charge in [0.15, 0.2) is 0 Å². The zero-order valence-corrected chi connectivity index (χ0v) is 22.8. The molecule has 42 heavy (non-hydrogen) atoms. The number of amides is 1. The predicted octanol–water partition coefficient (Wildman–Crippen LogP) is 5.21. The van der Waals surface area contributed by atoms with Gasteiger partial charge in [0.2, 0.25) is 0 Å². The number of hydrogen-bond acceptors (Lipinski definition) is 5. The van der Waals surface area contributed by atoms with Crippen molar-refractivity contribution in [2.24, 2.45) is 0 Å². The summed E-state index contributed by atoms with van der Waals surface area (Å²) in [5.41, 5.74) is 8.77. The molecule has 3 aromatic rings. The summed E-state index contributed by atoms with van der Waals surface area (Å²) in [6, 6.07) is 21.7. The normalized spacial score (nSPS) is 17.9. The van der Waals surface area contributed by atoms with Crippen LogP contribution in [-0.2, 0) is 30.7 Å². The Hall–Kier alpha value is -3.80. The summed E-state index contributed by atoms with van der Waals surface area (Å²) in [6.45, 7) is 3.99. The van der Waals surface area contributed by atoms with Crippen LogP contribution >= 0.6 is 0 Å². The number of nitrogens with one attached hydrogen (secondary N) is 2. The van der Waals surface area contributed by atoms with E-state index in [1.165, 1.54) is 27.8 Å². The number of benzene rings is 3. The lowest BCUT2D eigenvalue weighted by Crippen LogP contribution is -2.31. The van der Waals surface area contributed by atoms with Crippen LogP contribution in [0.15, 0.2) is 66.7 Å². The summed E-state index contributed by atoms with van der Waals surface area (Å²) in [5, 5.41) is 19.5. The van der Waals surface area contributed by atoms with Crippen LogP contribution in [0.4, 0.5) is 17.6 Å². The van der Waals surface area contributed by atoms with Gasteiger partial charge in [-0.2, -0.15) is 13.2 Å². The lowest BCUT2D eigenvalue weighted by Gasteiger charge is -2.29. The molecule has 1 saturated carbocycles. The monoisotopic (exact) mass is 587 g/mol. The number of fused-ring (bicyclic) bond motifs is 1. The molecule has 2 aliphatic rings. The molecule has 1 heterocycles. The second-order valence-electron chi connectivity index (χ2n) is 10.6. The summed E-state index contributed by atoms with van der Waals surface area (Å²) < 4.78 is 44.9. The highest BCUT2D eigenvalue weighted by atomic mass is 19.4. The third-order valence-electron chi connectivity index (χ3n) is 7.52. The first-order valence-corrected chi connectivity index (χ1v) is 13.7. The van der Waals surface area contributed by atoms with Crippen LogP contribution in [0, 0.1) is 5.82 Å². The van der Waals surface area contributed by atoms with E-state index in [0.29, 0.717) is 17.5 Å². The maximum atomic E-state index is 13.1. The number of halogens is 4. The van der Waals surface area contributed by atoms with E-state index in [-0.39, 0.29) is 5.82 Å². The van der Waals surface area contributed by atoms with Gasteiger partial charge in [-0.1, -0.05) is 42.5 Å². The molecule has 224 valence electrons. The number of aliphatic carboxylic acids is 1. The number of alkyl halides is 3. The van der Waals surface area contributed by atoms with Gasteiger partial charge in [0.1, 0.15) is 5.82 Å². The molecule has 0 bridgehead atoms. The van der Waals surface area contributed by atoms with Gasteiger partial charge in [-0.3, -0.25) is 14.9 Å². The summed E-state index contributed by atoms with van der Waals surface area (Å²) in [6.07, 6.45) is -0.849. The number of carbonyl (C=O) groups is 2. The van der Waals surface area contributed by atoms with Gasteiger partial charge in [-0.15, -0.1) is 0 Å². The van der Waals surface area contributed by atoms with Crippen molar-refractivity contribution in [3.63, 3.8) is 0 Å². The molecule has 2 atom stereocenters. The van der Waals surface area contributed by atoms with Crippen LogP contribution in [0.25, 0.3) is 0 Å². The van der Waals surface area contributed by atoms with Crippen LogP contribution in [0.5, 0.6) is 0 Å². The summed E-state index contributed by atoms with van der Waals surface area (Å²) in [7, 11) is 0. The van der Waals surface area contributed by atoms with E-state index in [1.807, 2.05) is 24.3 Å². The van der Waals surface area contributed by atoms with Crippen molar-refractivity contribution in [1.82, 2.24) is 15.7 Å². The second kappa shape index (κ2) is 13.9. The van der Waals surface area contributed by atoms with Crippen molar-refractivity contribution < 1.29 is 37.5 Å². The summed E-state index contributed by atoms with van der Waals surface area (Å²) in [4.78, 5) is 22.8. The fourth-order valence-electron chi connectivity index (χ4n) is 5.11. The standard InChI is InChI=1S/C29H32FN3O2.C2HF3O2/c30-26-11-9-22(10-12-26)27-17-28(27)31-18-21-5-8-25-19-33(15-13-24(25)16-21)14-1-2-20-3-6-23(7-4-20)29(34)32-35;3-2(4,5)1(6)7/h3-12,16,27-28,31,35H,1-2,13-15,17-19H2,(H,32,34);(H,6,7). The molecule has 0 aromatic heterocycles. The number of carbonyl (C=O) groups excluding carboxylic acids is 1. The SMILES string of the molecule is O=C(NO)c1ccc(CCCN2CCc3cc(CNC4CC4c4ccc(F)cc4)ccc3C2)cc1.O=C(O)C(F)(F)F. The Balaban J connectivity index is 0.000000517. The number of hydroxylamine groups is 1. The Morgan fingerprint density at radius 1 is 0.952 bits per heavy atom. The van der Waals surface area contributed by atoms with Crippen LogP contribution in [0.1, 0.15) is 56.9 Å². The molecule has 2 unspecified atom stereocenters. The van der Waals surface area contributed by atoms with E-state index >= 15 is 0 Å². The van der Waals surface area contributed by atoms with Crippen LogP contribution in [-0.4, -0.2) is 52.4 Å². The molecule has 0 radical (unpaired) electrons. The van der Waals surface area contributed by atoms with Crippen LogP contribution in [0.3, 0.4) is 0 Å². The van der Waals surface area contributed by atoms with Crippen molar-refractivity contribution in [3.8, 4) is 0 Å². The van der Waals surface area contributed by atoms with Gasteiger partial charge in [0, 0.05) is 37.2 Å². The number of hydrogen-bond donors (Lipinski definition) is 4. The maximum absolute atomic E-state index is 13.1. The maximum Gasteiger partial charge on any atom is 0.490 e. The van der Waals surface area contributed by atoms with Gasteiger partial charge in [0.05, 0.1) is 0 Å². The Labute approximate surface area is 241 Å². The van der Waals surface area contributed by atoms with Crippen LogP contribution < -0.4 is 10.8 Å². The Morgan fingerprint density at radius 3 is 2.26 bits per heavy atom. The van der Waals surface area contributed by atoms with E-state index in [4.69, 9.17) is 15.1 Å².